The second kappa shape index (κ2) is 8.76. The summed E-state index contributed by atoms with van der Waals surface area (Å²) in [5.41, 5.74) is 1.45. The Morgan fingerprint density at radius 1 is 1.00 bits per heavy atom. The van der Waals surface area contributed by atoms with Gasteiger partial charge in [0.05, 0.1) is 0 Å². The monoisotopic (exact) mass is 205 g/mol. The Hall–Kier alpha value is -0.520. The van der Waals surface area contributed by atoms with Crippen LogP contribution < -0.4 is 0 Å². The van der Waals surface area contributed by atoms with Gasteiger partial charge in [0, 0.05) is 0 Å². The molecule has 85 valence electrons. The van der Waals surface area contributed by atoms with Gasteiger partial charge in [-0.15, -0.1) is 0 Å². The Balaban J connectivity index is 1.79. The van der Waals surface area contributed by atoms with Crippen LogP contribution in [0.5, 0.6) is 0 Å². The van der Waals surface area contributed by atoms with Crippen molar-refractivity contribution in [2.75, 3.05) is 0 Å². The number of unbranched alkanes of at least 4 members (excludes halogenated alkanes) is 7. The summed E-state index contributed by atoms with van der Waals surface area (Å²) in [7, 11) is 0. The molecule has 1 rings (SSSR count). The second-order valence-corrected chi connectivity index (χ2v) is 4.53. The SMILES string of the molecule is CCCCCCCCCCC1=[C]CC=C1. The molecule has 0 aromatic rings. The molecule has 0 atom stereocenters. The smallest absolute Gasteiger partial charge is 0.00885 e. The minimum absolute atomic E-state index is 1.05. The van der Waals surface area contributed by atoms with E-state index in [-0.39, 0.29) is 0 Å². The molecule has 15 heavy (non-hydrogen) atoms. The van der Waals surface area contributed by atoms with E-state index in [0.717, 1.165) is 6.42 Å². The van der Waals surface area contributed by atoms with Gasteiger partial charge in [-0.2, -0.15) is 0 Å². The molecule has 0 saturated carbocycles. The molecule has 0 saturated heterocycles. The fourth-order valence-electron chi connectivity index (χ4n) is 2.07. The summed E-state index contributed by atoms with van der Waals surface area (Å²) >= 11 is 0. The molecule has 0 heterocycles. The van der Waals surface area contributed by atoms with E-state index in [9.17, 15) is 0 Å². The molecule has 1 aliphatic carbocycles. The number of hydrogen-bond donors (Lipinski definition) is 0. The van der Waals surface area contributed by atoms with Crippen molar-refractivity contribution in [3.8, 4) is 0 Å². The van der Waals surface area contributed by atoms with Gasteiger partial charge in [-0.1, -0.05) is 64.0 Å². The third-order valence-electron chi connectivity index (χ3n) is 3.07. The van der Waals surface area contributed by atoms with Crippen molar-refractivity contribution in [2.24, 2.45) is 0 Å². The summed E-state index contributed by atoms with van der Waals surface area (Å²) in [6.45, 7) is 2.28. The van der Waals surface area contributed by atoms with E-state index >= 15 is 0 Å². The van der Waals surface area contributed by atoms with Gasteiger partial charge in [-0.3, -0.25) is 0 Å². The van der Waals surface area contributed by atoms with Gasteiger partial charge in [-0.05, 0) is 30.9 Å². The van der Waals surface area contributed by atoms with Crippen LogP contribution in [0.1, 0.15) is 71.1 Å². The van der Waals surface area contributed by atoms with Crippen LogP contribution in [-0.2, 0) is 0 Å². The molecule has 0 aliphatic heterocycles. The third kappa shape index (κ3) is 6.54. The van der Waals surface area contributed by atoms with Crippen molar-refractivity contribution in [3.05, 3.63) is 23.8 Å². The lowest BCUT2D eigenvalue weighted by Gasteiger charge is -2.01. The van der Waals surface area contributed by atoms with E-state index < -0.39 is 0 Å². The molecule has 0 N–H and O–H groups in total. The molecular formula is C15H25. The summed E-state index contributed by atoms with van der Waals surface area (Å²) in [6.07, 6.45) is 21.4. The summed E-state index contributed by atoms with van der Waals surface area (Å²) in [4.78, 5) is 0. The summed E-state index contributed by atoms with van der Waals surface area (Å²) < 4.78 is 0. The van der Waals surface area contributed by atoms with E-state index in [1.165, 1.54) is 63.4 Å². The lowest BCUT2D eigenvalue weighted by molar-refractivity contribution is 0.576. The van der Waals surface area contributed by atoms with Crippen LogP contribution in [0.25, 0.3) is 0 Å². The predicted molar refractivity (Wildman–Crippen MR) is 67.7 cm³/mol. The summed E-state index contributed by atoms with van der Waals surface area (Å²) in [6, 6.07) is 0. The molecular weight excluding hydrogens is 180 g/mol. The highest BCUT2D eigenvalue weighted by atomic mass is 14.0. The zero-order chi connectivity index (χ0) is 10.8. The molecule has 0 amide bonds. The van der Waals surface area contributed by atoms with Gasteiger partial charge in [-0.25, -0.2) is 0 Å². The largest absolute Gasteiger partial charge is 0.0798 e. The van der Waals surface area contributed by atoms with Crippen molar-refractivity contribution < 1.29 is 0 Å². The van der Waals surface area contributed by atoms with E-state index in [1.54, 1.807) is 0 Å². The molecule has 1 aliphatic rings. The van der Waals surface area contributed by atoms with Gasteiger partial charge in [0.2, 0.25) is 0 Å². The van der Waals surface area contributed by atoms with Gasteiger partial charge in [0.25, 0.3) is 0 Å². The molecule has 0 nitrogen and oxygen atoms in total. The van der Waals surface area contributed by atoms with Crippen molar-refractivity contribution in [1.82, 2.24) is 0 Å². The van der Waals surface area contributed by atoms with E-state index in [1.807, 2.05) is 0 Å². The molecule has 0 aromatic heterocycles. The van der Waals surface area contributed by atoms with E-state index in [0.29, 0.717) is 0 Å². The highest BCUT2D eigenvalue weighted by Crippen LogP contribution is 2.16. The van der Waals surface area contributed by atoms with E-state index in [4.69, 9.17) is 0 Å². The Labute approximate surface area is 95.5 Å². The van der Waals surface area contributed by atoms with Gasteiger partial charge in [0.15, 0.2) is 0 Å². The van der Waals surface area contributed by atoms with Crippen LogP contribution in [0, 0.1) is 6.08 Å². The average Bonchev–Trinajstić information content (AvgIpc) is 2.75. The van der Waals surface area contributed by atoms with Crippen LogP contribution in [0.3, 0.4) is 0 Å². The third-order valence-corrected chi connectivity index (χ3v) is 3.07. The zero-order valence-electron chi connectivity index (χ0n) is 10.2. The highest BCUT2D eigenvalue weighted by Gasteiger charge is 1.98. The Morgan fingerprint density at radius 3 is 2.27 bits per heavy atom. The predicted octanol–water partition coefficient (Wildman–Crippen LogP) is 5.21. The quantitative estimate of drug-likeness (QED) is 0.453. The van der Waals surface area contributed by atoms with Gasteiger partial charge >= 0.3 is 0 Å². The molecule has 0 fully saturated rings. The normalized spacial score (nSPS) is 14.6. The first-order valence-electron chi connectivity index (χ1n) is 6.69. The van der Waals surface area contributed by atoms with Crippen LogP contribution >= 0.6 is 0 Å². The number of hydrogen-bond acceptors (Lipinski definition) is 0. The summed E-state index contributed by atoms with van der Waals surface area (Å²) in [5, 5.41) is 0. The zero-order valence-corrected chi connectivity index (χ0v) is 10.2. The van der Waals surface area contributed by atoms with Crippen LogP contribution in [0.4, 0.5) is 0 Å². The topological polar surface area (TPSA) is 0 Å². The Kier molecular flexibility index (Phi) is 7.33. The lowest BCUT2D eigenvalue weighted by atomic mass is 10.0. The standard InChI is InChI=1S/C15H25/c1-2-3-4-5-6-7-8-9-12-15-13-10-11-14-15/h10,13H,2-9,11-12H2,1H3. The highest BCUT2D eigenvalue weighted by molar-refractivity contribution is 5.21. The number of rotatable bonds is 9. The molecule has 1 radical (unpaired) electrons. The maximum absolute atomic E-state index is 3.38. The maximum atomic E-state index is 3.38. The molecule has 0 heteroatoms. The van der Waals surface area contributed by atoms with Crippen molar-refractivity contribution in [3.63, 3.8) is 0 Å². The maximum Gasteiger partial charge on any atom is -0.00885 e. The van der Waals surface area contributed by atoms with Crippen LogP contribution in [0.15, 0.2) is 17.7 Å². The van der Waals surface area contributed by atoms with Gasteiger partial charge < -0.3 is 0 Å². The van der Waals surface area contributed by atoms with Crippen LogP contribution in [0.2, 0.25) is 0 Å². The Morgan fingerprint density at radius 2 is 1.67 bits per heavy atom. The van der Waals surface area contributed by atoms with Crippen molar-refractivity contribution in [2.45, 2.75) is 71.1 Å². The Bertz CT molecular complexity index is 198. The first-order chi connectivity index (χ1) is 7.43. The molecule has 0 aromatic carbocycles. The number of allylic oxidation sites excluding steroid dienone is 4. The lowest BCUT2D eigenvalue weighted by Crippen LogP contribution is -1.82. The summed E-state index contributed by atoms with van der Waals surface area (Å²) in [5.74, 6) is 0. The average molecular weight is 205 g/mol. The first-order valence-corrected chi connectivity index (χ1v) is 6.69. The minimum Gasteiger partial charge on any atom is -0.0798 e. The van der Waals surface area contributed by atoms with Crippen molar-refractivity contribution in [1.29, 1.82) is 0 Å². The fourth-order valence-corrected chi connectivity index (χ4v) is 2.07. The van der Waals surface area contributed by atoms with Gasteiger partial charge in [0.1, 0.15) is 0 Å². The molecule has 0 bridgehead atoms. The fraction of sp³-hybridized carbons (Fsp3) is 0.733. The second-order valence-electron chi connectivity index (χ2n) is 4.53. The minimum atomic E-state index is 1.05. The van der Waals surface area contributed by atoms with Crippen molar-refractivity contribution >= 4 is 0 Å². The molecule has 0 unspecified atom stereocenters. The van der Waals surface area contributed by atoms with E-state index in [2.05, 4.69) is 25.2 Å². The molecule has 0 spiro atoms. The first kappa shape index (κ1) is 12.5. The van der Waals surface area contributed by atoms with Crippen LogP contribution in [-0.4, -0.2) is 0 Å².